The summed E-state index contributed by atoms with van der Waals surface area (Å²) in [4.78, 5) is 17.0. The molecule has 28 heavy (non-hydrogen) atoms. The Kier molecular flexibility index (Phi) is 4.77. The standard InChI is InChI=1S/C20H15N5O2S/c1-12-21-20(28-25-12)24-23-16-11-13-7-5-6-10-15(13)17(18(16)26)19(27)22-14-8-3-2-4-9-14/h2-11,26H,1H3,(H,22,27)/b24-23+. The molecule has 3 aromatic carbocycles. The van der Waals surface area contributed by atoms with Crippen molar-refractivity contribution in [1.82, 2.24) is 9.36 Å². The van der Waals surface area contributed by atoms with Crippen LogP contribution in [-0.4, -0.2) is 20.4 Å². The number of aromatic hydroxyl groups is 1. The van der Waals surface area contributed by atoms with E-state index >= 15 is 0 Å². The number of fused-ring (bicyclic) bond motifs is 1. The number of benzene rings is 3. The molecule has 0 aliphatic heterocycles. The van der Waals surface area contributed by atoms with E-state index in [9.17, 15) is 9.90 Å². The summed E-state index contributed by atoms with van der Waals surface area (Å²) in [6.07, 6.45) is 0. The maximum Gasteiger partial charge on any atom is 0.260 e. The van der Waals surface area contributed by atoms with Crippen molar-refractivity contribution in [1.29, 1.82) is 0 Å². The van der Waals surface area contributed by atoms with Crippen molar-refractivity contribution in [2.24, 2.45) is 10.2 Å². The van der Waals surface area contributed by atoms with Crippen LogP contribution in [0.25, 0.3) is 10.8 Å². The molecule has 0 fully saturated rings. The van der Waals surface area contributed by atoms with Crippen LogP contribution in [0.1, 0.15) is 16.2 Å². The maximum atomic E-state index is 12.9. The van der Waals surface area contributed by atoms with E-state index in [0.717, 1.165) is 16.9 Å². The molecule has 0 saturated heterocycles. The number of rotatable bonds is 4. The number of aromatic nitrogens is 2. The van der Waals surface area contributed by atoms with E-state index in [1.54, 1.807) is 31.2 Å². The SMILES string of the molecule is Cc1nsc(/N=N/c2cc3ccccc3c(C(=O)Nc3ccccc3)c2O)n1. The second-order valence-corrected chi connectivity index (χ2v) is 6.72. The molecule has 0 saturated carbocycles. The molecule has 0 unspecified atom stereocenters. The highest BCUT2D eigenvalue weighted by Crippen LogP contribution is 2.38. The van der Waals surface area contributed by atoms with Gasteiger partial charge in [-0.1, -0.05) is 42.5 Å². The second kappa shape index (κ2) is 7.53. The van der Waals surface area contributed by atoms with Crippen LogP contribution in [0.15, 0.2) is 70.9 Å². The molecule has 0 bridgehead atoms. The molecule has 0 spiro atoms. The first-order valence-corrected chi connectivity index (χ1v) is 9.22. The van der Waals surface area contributed by atoms with E-state index in [1.165, 1.54) is 0 Å². The number of hydrogen-bond acceptors (Lipinski definition) is 7. The Morgan fingerprint density at radius 2 is 1.82 bits per heavy atom. The molecule has 7 nitrogen and oxygen atoms in total. The maximum absolute atomic E-state index is 12.9. The van der Waals surface area contributed by atoms with Crippen molar-refractivity contribution in [2.45, 2.75) is 6.92 Å². The lowest BCUT2D eigenvalue weighted by atomic mass is 10.0. The number of anilines is 1. The quantitative estimate of drug-likeness (QED) is 0.458. The molecule has 2 N–H and O–H groups in total. The summed E-state index contributed by atoms with van der Waals surface area (Å²) >= 11 is 1.11. The van der Waals surface area contributed by atoms with Gasteiger partial charge in [0.2, 0.25) is 5.13 Å². The molecule has 0 aliphatic rings. The van der Waals surface area contributed by atoms with Gasteiger partial charge in [0.05, 0.1) is 5.56 Å². The summed E-state index contributed by atoms with van der Waals surface area (Å²) in [7, 11) is 0. The zero-order chi connectivity index (χ0) is 19.5. The largest absolute Gasteiger partial charge is 0.505 e. The van der Waals surface area contributed by atoms with E-state index in [2.05, 4.69) is 24.9 Å². The van der Waals surface area contributed by atoms with Crippen LogP contribution in [0.4, 0.5) is 16.5 Å². The number of hydrogen-bond donors (Lipinski definition) is 2. The van der Waals surface area contributed by atoms with Crippen molar-refractivity contribution in [2.75, 3.05) is 5.32 Å². The van der Waals surface area contributed by atoms with Crippen LogP contribution in [0, 0.1) is 6.92 Å². The first-order chi connectivity index (χ1) is 13.6. The smallest absolute Gasteiger partial charge is 0.260 e. The van der Waals surface area contributed by atoms with Crippen LogP contribution >= 0.6 is 11.5 Å². The Balaban J connectivity index is 1.79. The number of nitrogens with zero attached hydrogens (tertiary/aromatic N) is 4. The monoisotopic (exact) mass is 389 g/mol. The minimum Gasteiger partial charge on any atom is -0.505 e. The van der Waals surface area contributed by atoms with Gasteiger partial charge < -0.3 is 10.4 Å². The number of carbonyl (C=O) groups is 1. The normalized spacial score (nSPS) is 11.2. The summed E-state index contributed by atoms with van der Waals surface area (Å²) in [5, 5.41) is 23.5. The van der Waals surface area contributed by atoms with E-state index < -0.39 is 5.91 Å². The first-order valence-electron chi connectivity index (χ1n) is 8.45. The molecule has 0 atom stereocenters. The summed E-state index contributed by atoms with van der Waals surface area (Å²) < 4.78 is 4.04. The van der Waals surface area contributed by atoms with Gasteiger partial charge in [-0.3, -0.25) is 4.79 Å². The molecule has 1 heterocycles. The Hall–Kier alpha value is -3.65. The lowest BCUT2D eigenvalue weighted by molar-refractivity contribution is 0.102. The van der Waals surface area contributed by atoms with Gasteiger partial charge >= 0.3 is 0 Å². The van der Waals surface area contributed by atoms with E-state index in [1.807, 2.05) is 36.4 Å². The third kappa shape index (κ3) is 3.58. The van der Waals surface area contributed by atoms with Crippen molar-refractivity contribution in [3.05, 3.63) is 72.1 Å². The Bertz CT molecular complexity index is 1190. The highest BCUT2D eigenvalue weighted by molar-refractivity contribution is 7.09. The fraction of sp³-hybridized carbons (Fsp3) is 0.0500. The van der Waals surface area contributed by atoms with Crippen molar-refractivity contribution >= 4 is 44.7 Å². The van der Waals surface area contributed by atoms with Crippen LogP contribution in [0.5, 0.6) is 5.75 Å². The average Bonchev–Trinajstić information content (AvgIpc) is 3.12. The van der Waals surface area contributed by atoms with E-state index in [0.29, 0.717) is 22.0 Å². The number of nitrogens with one attached hydrogen (secondary N) is 1. The topological polar surface area (TPSA) is 99.8 Å². The van der Waals surface area contributed by atoms with Gasteiger partial charge in [-0.2, -0.15) is 4.37 Å². The van der Waals surface area contributed by atoms with Gasteiger partial charge in [0.15, 0.2) is 5.75 Å². The molecule has 1 aromatic heterocycles. The molecule has 8 heteroatoms. The summed E-state index contributed by atoms with van der Waals surface area (Å²) in [5.74, 6) is -0.0644. The Morgan fingerprint density at radius 1 is 1.07 bits per heavy atom. The third-order valence-electron chi connectivity index (χ3n) is 4.02. The summed E-state index contributed by atoms with van der Waals surface area (Å²) in [6, 6.07) is 18.0. The van der Waals surface area contributed by atoms with Gasteiger partial charge in [-0.25, -0.2) is 4.98 Å². The molecule has 4 rings (SSSR count). The van der Waals surface area contributed by atoms with Crippen LogP contribution in [-0.2, 0) is 0 Å². The number of para-hydroxylation sites is 1. The molecule has 138 valence electrons. The number of aryl methyl sites for hydroxylation is 1. The Labute approximate surface area is 164 Å². The highest BCUT2D eigenvalue weighted by atomic mass is 32.1. The molecule has 0 radical (unpaired) electrons. The summed E-state index contributed by atoms with van der Waals surface area (Å²) in [6.45, 7) is 1.76. The molecular formula is C20H15N5O2S. The molecule has 4 aromatic rings. The first kappa shape index (κ1) is 17.7. The zero-order valence-corrected chi connectivity index (χ0v) is 15.6. The highest BCUT2D eigenvalue weighted by Gasteiger charge is 2.19. The lowest BCUT2D eigenvalue weighted by Gasteiger charge is -2.11. The number of carbonyl (C=O) groups excluding carboxylic acids is 1. The predicted molar refractivity (Wildman–Crippen MR) is 109 cm³/mol. The number of amides is 1. The Morgan fingerprint density at radius 3 is 2.57 bits per heavy atom. The van der Waals surface area contributed by atoms with Gasteiger partial charge in [0.25, 0.3) is 5.91 Å². The minimum absolute atomic E-state index is 0.143. The lowest BCUT2D eigenvalue weighted by Crippen LogP contribution is -2.12. The second-order valence-electron chi connectivity index (χ2n) is 5.98. The number of azo groups is 1. The fourth-order valence-electron chi connectivity index (χ4n) is 2.77. The van der Waals surface area contributed by atoms with Gasteiger partial charge in [0, 0.05) is 17.2 Å². The fourth-order valence-corrected chi connectivity index (χ4v) is 3.27. The number of phenols is 1. The van der Waals surface area contributed by atoms with Gasteiger partial charge in [-0.15, -0.1) is 10.2 Å². The number of phenolic OH excluding ortho intramolecular Hbond substituents is 1. The zero-order valence-electron chi connectivity index (χ0n) is 14.8. The van der Waals surface area contributed by atoms with Crippen molar-refractivity contribution < 1.29 is 9.90 Å². The average molecular weight is 389 g/mol. The van der Waals surface area contributed by atoms with Crippen molar-refractivity contribution in [3.63, 3.8) is 0 Å². The van der Waals surface area contributed by atoms with Crippen LogP contribution in [0.3, 0.4) is 0 Å². The van der Waals surface area contributed by atoms with Crippen LogP contribution < -0.4 is 5.32 Å². The molecule has 1 amide bonds. The third-order valence-corrected chi connectivity index (χ3v) is 4.71. The minimum atomic E-state index is -0.427. The van der Waals surface area contributed by atoms with Gasteiger partial charge in [0.1, 0.15) is 11.5 Å². The van der Waals surface area contributed by atoms with Crippen molar-refractivity contribution in [3.8, 4) is 5.75 Å². The van der Waals surface area contributed by atoms with Gasteiger partial charge in [-0.05, 0) is 35.9 Å². The van der Waals surface area contributed by atoms with Crippen LogP contribution in [0.2, 0.25) is 0 Å². The predicted octanol–water partition coefficient (Wildman–Crippen LogP) is 5.37. The van der Waals surface area contributed by atoms with E-state index in [-0.39, 0.29) is 17.0 Å². The summed E-state index contributed by atoms with van der Waals surface area (Å²) in [5.41, 5.74) is 0.960. The van der Waals surface area contributed by atoms with E-state index in [4.69, 9.17) is 0 Å². The molecule has 0 aliphatic carbocycles. The molecular weight excluding hydrogens is 374 g/mol.